The molecule has 1 aliphatic carbocycles. The van der Waals surface area contributed by atoms with Crippen LogP contribution in [0.5, 0.6) is 0 Å². The highest BCUT2D eigenvalue weighted by atomic mass is 32.1. The summed E-state index contributed by atoms with van der Waals surface area (Å²) >= 11 is 1.55. The third-order valence-corrected chi connectivity index (χ3v) is 2.87. The number of hydrogen-bond acceptors (Lipinski definition) is 5. The average molecular weight is 199 g/mol. The molecule has 1 N–H and O–H groups in total. The summed E-state index contributed by atoms with van der Waals surface area (Å²) in [7, 11) is 1.84. The van der Waals surface area contributed by atoms with Crippen LogP contribution in [0, 0.1) is 5.92 Å². The van der Waals surface area contributed by atoms with Crippen LogP contribution in [0.15, 0.2) is 0 Å². The van der Waals surface area contributed by atoms with Gasteiger partial charge in [-0.2, -0.15) is 0 Å². The van der Waals surface area contributed by atoms with Crippen molar-refractivity contribution in [3.05, 3.63) is 5.01 Å². The van der Waals surface area contributed by atoms with E-state index < -0.39 is 0 Å². The molecule has 1 aromatic heterocycles. The molecule has 5 heteroatoms. The van der Waals surface area contributed by atoms with Crippen molar-refractivity contribution in [3.8, 4) is 0 Å². The zero-order valence-electron chi connectivity index (χ0n) is 7.62. The summed E-state index contributed by atoms with van der Waals surface area (Å²) < 4.78 is 5.48. The Kier molecular flexibility index (Phi) is 2.75. The van der Waals surface area contributed by atoms with Gasteiger partial charge in [0.25, 0.3) is 0 Å². The van der Waals surface area contributed by atoms with Crippen molar-refractivity contribution >= 4 is 16.5 Å². The highest BCUT2D eigenvalue weighted by molar-refractivity contribution is 7.15. The van der Waals surface area contributed by atoms with Crippen molar-refractivity contribution in [2.75, 3.05) is 19.0 Å². The van der Waals surface area contributed by atoms with E-state index in [1.807, 2.05) is 7.05 Å². The van der Waals surface area contributed by atoms with Gasteiger partial charge in [-0.25, -0.2) is 0 Å². The molecule has 2 rings (SSSR count). The second-order valence-corrected chi connectivity index (χ2v) is 4.27. The van der Waals surface area contributed by atoms with E-state index >= 15 is 0 Å². The van der Waals surface area contributed by atoms with Gasteiger partial charge in [0.1, 0.15) is 11.6 Å². The minimum atomic E-state index is 0.607. The third kappa shape index (κ3) is 2.63. The van der Waals surface area contributed by atoms with Crippen molar-refractivity contribution in [2.45, 2.75) is 19.4 Å². The zero-order valence-corrected chi connectivity index (χ0v) is 8.43. The molecule has 0 bridgehead atoms. The lowest BCUT2D eigenvalue weighted by molar-refractivity contribution is 0.110. The smallest absolute Gasteiger partial charge is 0.205 e. The lowest BCUT2D eigenvalue weighted by Crippen LogP contribution is -1.96. The van der Waals surface area contributed by atoms with Crippen LogP contribution >= 0.6 is 11.3 Å². The molecule has 0 unspecified atom stereocenters. The molecule has 0 spiro atoms. The van der Waals surface area contributed by atoms with Gasteiger partial charge in [0.2, 0.25) is 5.13 Å². The largest absolute Gasteiger partial charge is 0.374 e. The molecule has 1 saturated carbocycles. The fourth-order valence-electron chi connectivity index (χ4n) is 1.01. The molecule has 0 amide bonds. The first-order valence-electron chi connectivity index (χ1n) is 4.46. The van der Waals surface area contributed by atoms with Crippen LogP contribution in [0.3, 0.4) is 0 Å². The monoisotopic (exact) mass is 199 g/mol. The van der Waals surface area contributed by atoms with E-state index in [2.05, 4.69) is 15.5 Å². The van der Waals surface area contributed by atoms with Crippen LogP contribution < -0.4 is 5.32 Å². The highest BCUT2D eigenvalue weighted by Crippen LogP contribution is 2.29. The van der Waals surface area contributed by atoms with Gasteiger partial charge in [-0.1, -0.05) is 11.3 Å². The summed E-state index contributed by atoms with van der Waals surface area (Å²) in [6, 6.07) is 0. The van der Waals surface area contributed by atoms with Crippen LogP contribution in [0.25, 0.3) is 0 Å². The molecule has 0 saturated heterocycles. The van der Waals surface area contributed by atoms with Gasteiger partial charge in [-0.15, -0.1) is 10.2 Å². The van der Waals surface area contributed by atoms with Crippen molar-refractivity contribution < 1.29 is 4.74 Å². The molecule has 1 aliphatic rings. The number of nitrogens with one attached hydrogen (secondary N) is 1. The zero-order chi connectivity index (χ0) is 9.10. The SMILES string of the molecule is CNc1nnc(COCC2CC2)s1. The van der Waals surface area contributed by atoms with Gasteiger partial charge in [0.15, 0.2) is 0 Å². The van der Waals surface area contributed by atoms with E-state index in [0.29, 0.717) is 6.61 Å². The standard InChI is InChI=1S/C8H13N3OS/c1-9-8-11-10-7(13-8)5-12-4-6-2-3-6/h6H,2-5H2,1H3,(H,9,11). The number of nitrogens with zero attached hydrogens (tertiary/aromatic N) is 2. The second kappa shape index (κ2) is 4.02. The molecule has 1 aromatic rings. The van der Waals surface area contributed by atoms with Gasteiger partial charge in [0, 0.05) is 13.7 Å². The molecule has 0 aromatic carbocycles. The molecule has 13 heavy (non-hydrogen) atoms. The van der Waals surface area contributed by atoms with Gasteiger partial charge in [-0.3, -0.25) is 0 Å². The Bertz CT molecular complexity index is 272. The summed E-state index contributed by atoms with van der Waals surface area (Å²) in [4.78, 5) is 0. The minimum Gasteiger partial charge on any atom is -0.374 e. The van der Waals surface area contributed by atoms with Crippen LogP contribution in [-0.2, 0) is 11.3 Å². The van der Waals surface area contributed by atoms with Crippen molar-refractivity contribution in [2.24, 2.45) is 5.92 Å². The first-order valence-corrected chi connectivity index (χ1v) is 5.28. The van der Waals surface area contributed by atoms with E-state index in [1.165, 1.54) is 12.8 Å². The van der Waals surface area contributed by atoms with Gasteiger partial charge < -0.3 is 10.1 Å². The number of rotatable bonds is 5. The van der Waals surface area contributed by atoms with Crippen LogP contribution in [0.2, 0.25) is 0 Å². The van der Waals surface area contributed by atoms with E-state index in [-0.39, 0.29) is 0 Å². The summed E-state index contributed by atoms with van der Waals surface area (Å²) in [5.74, 6) is 0.816. The maximum Gasteiger partial charge on any atom is 0.205 e. The topological polar surface area (TPSA) is 47.0 Å². The number of aromatic nitrogens is 2. The number of hydrogen-bond donors (Lipinski definition) is 1. The van der Waals surface area contributed by atoms with Gasteiger partial charge in [0.05, 0.1) is 0 Å². The van der Waals surface area contributed by atoms with Crippen molar-refractivity contribution in [3.63, 3.8) is 0 Å². The molecule has 4 nitrogen and oxygen atoms in total. The van der Waals surface area contributed by atoms with Crippen molar-refractivity contribution in [1.82, 2.24) is 10.2 Å². The minimum absolute atomic E-state index is 0.607. The van der Waals surface area contributed by atoms with Crippen molar-refractivity contribution in [1.29, 1.82) is 0 Å². The lowest BCUT2D eigenvalue weighted by atomic mass is 10.5. The quantitative estimate of drug-likeness (QED) is 0.780. The second-order valence-electron chi connectivity index (χ2n) is 3.21. The Balaban J connectivity index is 1.72. The van der Waals surface area contributed by atoms with Crippen LogP contribution in [0.1, 0.15) is 17.8 Å². The molecule has 1 fully saturated rings. The maximum absolute atomic E-state index is 5.48. The van der Waals surface area contributed by atoms with E-state index in [9.17, 15) is 0 Å². The Morgan fingerprint density at radius 2 is 2.38 bits per heavy atom. The van der Waals surface area contributed by atoms with Gasteiger partial charge in [-0.05, 0) is 18.8 Å². The molecule has 0 aliphatic heterocycles. The lowest BCUT2D eigenvalue weighted by Gasteiger charge is -1.97. The number of anilines is 1. The molecule has 0 radical (unpaired) electrons. The maximum atomic E-state index is 5.48. The summed E-state index contributed by atoms with van der Waals surface area (Å²) in [5.41, 5.74) is 0. The summed E-state index contributed by atoms with van der Waals surface area (Å²) in [6.45, 7) is 1.49. The normalized spacial score (nSPS) is 16.1. The van der Waals surface area contributed by atoms with Crippen LogP contribution in [-0.4, -0.2) is 23.9 Å². The molecule has 0 atom stereocenters. The van der Waals surface area contributed by atoms with E-state index in [1.54, 1.807) is 11.3 Å². The average Bonchev–Trinajstić information content (AvgIpc) is 2.84. The molecule has 72 valence electrons. The molecule has 1 heterocycles. The predicted octanol–water partition coefficient (Wildman–Crippen LogP) is 1.51. The first-order chi connectivity index (χ1) is 6.38. The fraction of sp³-hybridized carbons (Fsp3) is 0.750. The summed E-state index contributed by atoms with van der Waals surface area (Å²) in [6.07, 6.45) is 2.66. The number of ether oxygens (including phenoxy) is 1. The van der Waals surface area contributed by atoms with E-state index in [0.717, 1.165) is 22.7 Å². The molecular formula is C8H13N3OS. The third-order valence-electron chi connectivity index (χ3n) is 1.96. The Hall–Kier alpha value is -0.680. The highest BCUT2D eigenvalue weighted by Gasteiger charge is 2.21. The summed E-state index contributed by atoms with van der Waals surface area (Å²) in [5, 5.41) is 12.7. The van der Waals surface area contributed by atoms with Crippen LogP contribution in [0.4, 0.5) is 5.13 Å². The Labute approximate surface area is 81.3 Å². The first kappa shape index (κ1) is 8.90. The van der Waals surface area contributed by atoms with Gasteiger partial charge >= 0.3 is 0 Å². The Morgan fingerprint density at radius 3 is 3.00 bits per heavy atom. The predicted molar refractivity (Wildman–Crippen MR) is 51.8 cm³/mol. The molecular weight excluding hydrogens is 186 g/mol. The van der Waals surface area contributed by atoms with E-state index in [4.69, 9.17) is 4.74 Å². The Morgan fingerprint density at radius 1 is 1.54 bits per heavy atom. The fourth-order valence-corrected chi connectivity index (χ4v) is 1.64.